The van der Waals surface area contributed by atoms with E-state index in [-0.39, 0.29) is 44.2 Å². The van der Waals surface area contributed by atoms with E-state index in [0.29, 0.717) is 17.0 Å². The summed E-state index contributed by atoms with van der Waals surface area (Å²) < 4.78 is 200. The Kier molecular flexibility index (Phi) is 14.7. The van der Waals surface area contributed by atoms with Gasteiger partial charge in [-0.2, -0.15) is 49.6 Å². The number of fused-ring (bicyclic) bond motifs is 4. The summed E-state index contributed by atoms with van der Waals surface area (Å²) in [6.07, 6.45) is -9.64. The number of alkyl halides is 8. The van der Waals surface area contributed by atoms with Gasteiger partial charge in [0.2, 0.25) is 15.9 Å². The van der Waals surface area contributed by atoms with Crippen molar-refractivity contribution in [2.75, 3.05) is 30.9 Å². The summed E-state index contributed by atoms with van der Waals surface area (Å²) in [4.78, 5) is 34.6. The van der Waals surface area contributed by atoms with Crippen molar-refractivity contribution in [2.45, 2.75) is 101 Å². The first-order chi connectivity index (χ1) is 33.9. The van der Waals surface area contributed by atoms with E-state index < -0.39 is 160 Å². The van der Waals surface area contributed by atoms with Crippen LogP contribution in [-0.4, -0.2) is 102 Å². The Morgan fingerprint density at radius 1 is 0.919 bits per heavy atom. The molecule has 7 rings (SSSR count). The van der Waals surface area contributed by atoms with Crippen LogP contribution < -0.4 is 9.62 Å². The number of nitrogens with zero attached hydrogens (tertiary/aromatic N) is 7. The molecule has 0 saturated heterocycles. The molecule has 74 heavy (non-hydrogen) atoms. The lowest BCUT2D eigenvalue weighted by Gasteiger charge is -2.34. The molecule has 0 spiro atoms. The molecule has 1 N–H and O–H groups in total. The molecular weight excluding hydrogens is 1060 g/mol. The first-order valence-corrected chi connectivity index (χ1v) is 26.6. The third-order valence-corrected chi connectivity index (χ3v) is 16.2. The fourth-order valence-corrected chi connectivity index (χ4v) is 10.8. The van der Waals surface area contributed by atoms with Crippen LogP contribution in [0.15, 0.2) is 42.5 Å². The number of hydrogen-bond donors (Lipinski definition) is 1. The van der Waals surface area contributed by atoms with E-state index in [2.05, 4.69) is 32.3 Å². The molecule has 3 heterocycles. The number of sulfonamides is 1. The number of nitrogens with one attached hydrogen (secondary N) is 1. The highest BCUT2D eigenvalue weighted by Gasteiger charge is 2.63. The number of likely N-dealkylation sites (N-methyl/N-ethyl adjacent to an activating group) is 1. The van der Waals surface area contributed by atoms with Gasteiger partial charge in [-0.05, 0) is 101 Å². The van der Waals surface area contributed by atoms with E-state index >= 15 is 8.78 Å². The van der Waals surface area contributed by atoms with Crippen molar-refractivity contribution in [2.24, 2.45) is 11.8 Å². The molecule has 0 unspecified atom stereocenters. The summed E-state index contributed by atoms with van der Waals surface area (Å²) in [7, 11) is -5.73. The van der Waals surface area contributed by atoms with Gasteiger partial charge in [-0.25, -0.2) is 30.6 Å². The number of halogens is 11. The second-order valence-corrected chi connectivity index (χ2v) is 24.2. The molecule has 0 bridgehead atoms. The number of carbonyl (C=O) groups is 2. The zero-order valence-corrected chi connectivity index (χ0v) is 42.9. The Hall–Kier alpha value is -5.78. The summed E-state index contributed by atoms with van der Waals surface area (Å²) in [5.74, 6) is -7.56. The van der Waals surface area contributed by atoms with Crippen LogP contribution in [0.1, 0.15) is 86.4 Å². The van der Waals surface area contributed by atoms with Gasteiger partial charge in [-0.3, -0.25) is 23.9 Å². The van der Waals surface area contributed by atoms with E-state index in [1.54, 1.807) is 13.8 Å². The smallest absolute Gasteiger partial charge is 0.346 e. The molecule has 1 fully saturated rings. The zero-order valence-electron chi connectivity index (χ0n) is 40.5. The van der Waals surface area contributed by atoms with Gasteiger partial charge in [-0.15, -0.1) is 0 Å². The second-order valence-electron chi connectivity index (χ2n) is 19.4. The summed E-state index contributed by atoms with van der Waals surface area (Å²) in [6, 6.07) is 3.79. The van der Waals surface area contributed by atoms with Crippen molar-refractivity contribution in [3.63, 3.8) is 0 Å². The quantitative estimate of drug-likeness (QED) is 0.0840. The third-order valence-electron chi connectivity index (χ3n) is 13.0. The Balaban J connectivity index is 1.51. The van der Waals surface area contributed by atoms with Crippen molar-refractivity contribution in [3.8, 4) is 23.0 Å². The maximum atomic E-state index is 15.9. The predicted octanol–water partition coefficient (Wildman–Crippen LogP) is 8.56. The maximum absolute atomic E-state index is 15.9. The van der Waals surface area contributed by atoms with Gasteiger partial charge in [0.1, 0.15) is 40.9 Å². The number of pyridine rings is 1. The minimum Gasteiger partial charge on any atom is -0.346 e. The standard InChI is InChI=1S/C47H47ClF10N8O6S2/c1-23(2)38(63(5)6)43(68)66(74(8,71)72)42-36-32(48)14-12-29(39(36)65(62-42)22-45(51,52)53)28-10-9-27(15-16-44(3,4)73(7,69)70)59-37(28)33(19-24-17-25(49)20-26(50)18-24)60-34(67)21-64-41-35(40(61-64)47(56,57)58)30-11-13-31(30)46(41,54)55/h9-10,12,14,17-18,20,23,30-31,33,38H,11,13,19,21-22H2,1-8H3,(H,60,67)/t30-,31+,33-,38-/m0/s1. The monoisotopic (exact) mass is 1110 g/mol. The minimum atomic E-state index is -5.22. The van der Waals surface area contributed by atoms with Crippen LogP contribution >= 0.6 is 11.6 Å². The molecule has 0 aliphatic heterocycles. The molecule has 1 saturated carbocycles. The highest BCUT2D eigenvalue weighted by Crippen LogP contribution is 2.64. The number of rotatable bonds is 14. The van der Waals surface area contributed by atoms with E-state index in [0.717, 1.165) is 30.5 Å². The Morgan fingerprint density at radius 3 is 2.07 bits per heavy atom. The van der Waals surface area contributed by atoms with Crippen molar-refractivity contribution < 1.29 is 70.3 Å². The van der Waals surface area contributed by atoms with Gasteiger partial charge in [0.25, 0.3) is 11.8 Å². The SMILES string of the molecule is CC(C)[C@@H](C(=O)N(c1nn(CC(F)(F)F)c2c(-c3ccc(C#CC(C)(C)S(C)(=O)=O)nc3[C@H](Cc3cc(F)cc(F)c3)NC(=O)Cn3nc(C(F)(F)F)c4c3C(F)(F)[C@@H]3CC[C@H]43)ccc(Cl)c12)S(C)(=O)=O)N(C)C. The Bertz CT molecular complexity index is 3350. The minimum absolute atomic E-state index is 0.00593. The lowest BCUT2D eigenvalue weighted by atomic mass is 9.73. The number of anilines is 1. The molecule has 2 aliphatic carbocycles. The topological polar surface area (TPSA) is 169 Å². The van der Waals surface area contributed by atoms with Crippen molar-refractivity contribution in [3.05, 3.63) is 93.0 Å². The fraction of sp³-hybridized carbons (Fsp3) is 0.468. The Morgan fingerprint density at radius 2 is 1.54 bits per heavy atom. The van der Waals surface area contributed by atoms with Gasteiger partial charge in [0, 0.05) is 34.9 Å². The van der Waals surface area contributed by atoms with E-state index in [1.807, 2.05) is 0 Å². The number of hydrogen-bond acceptors (Lipinski definition) is 10. The Labute approximate surface area is 423 Å². The third kappa shape index (κ3) is 10.8. The van der Waals surface area contributed by atoms with Crippen molar-refractivity contribution in [1.82, 2.24) is 34.8 Å². The molecule has 14 nitrogen and oxygen atoms in total. The van der Waals surface area contributed by atoms with Crippen LogP contribution in [0.5, 0.6) is 0 Å². The summed E-state index contributed by atoms with van der Waals surface area (Å²) in [6.45, 7) is 2.45. The highest BCUT2D eigenvalue weighted by atomic mass is 35.5. The first-order valence-electron chi connectivity index (χ1n) is 22.4. The largest absolute Gasteiger partial charge is 0.435 e. The lowest BCUT2D eigenvalue weighted by Crippen LogP contribution is -2.51. The van der Waals surface area contributed by atoms with Gasteiger partial charge < -0.3 is 5.32 Å². The van der Waals surface area contributed by atoms with E-state index in [4.69, 9.17) is 11.6 Å². The lowest BCUT2D eigenvalue weighted by molar-refractivity contribution is -0.144. The maximum Gasteiger partial charge on any atom is 0.435 e. The van der Waals surface area contributed by atoms with Gasteiger partial charge >= 0.3 is 12.4 Å². The fourth-order valence-electron chi connectivity index (χ4n) is 9.41. The van der Waals surface area contributed by atoms with Crippen LogP contribution in [0, 0.1) is 35.3 Å². The first kappa shape index (κ1) is 56.0. The molecule has 400 valence electrons. The van der Waals surface area contributed by atoms with Crippen LogP contribution in [-0.2, 0) is 61.1 Å². The number of aromatic nitrogens is 5. The summed E-state index contributed by atoms with van der Waals surface area (Å²) >= 11 is 6.73. The molecule has 2 aliphatic rings. The average molecular weight is 1110 g/mol. The zero-order chi connectivity index (χ0) is 55.2. The van der Waals surface area contributed by atoms with E-state index in [9.17, 15) is 61.5 Å². The van der Waals surface area contributed by atoms with Crippen LogP contribution in [0.2, 0.25) is 5.02 Å². The number of amides is 2. The summed E-state index contributed by atoms with van der Waals surface area (Å²) in [5.41, 5.74) is -5.64. The number of benzene rings is 2. The molecule has 3 aromatic heterocycles. The molecular formula is C47H47ClF10N8O6S2. The van der Waals surface area contributed by atoms with Crippen molar-refractivity contribution in [1.29, 1.82) is 0 Å². The molecule has 0 radical (unpaired) electrons. The normalized spacial score (nSPS) is 17.6. The van der Waals surface area contributed by atoms with Gasteiger partial charge in [0.15, 0.2) is 21.3 Å². The van der Waals surface area contributed by atoms with Gasteiger partial charge in [-0.1, -0.05) is 37.4 Å². The van der Waals surface area contributed by atoms with Gasteiger partial charge in [0.05, 0.1) is 40.0 Å². The number of sulfone groups is 1. The molecule has 2 amide bonds. The average Bonchev–Trinajstić information content (AvgIpc) is 3.80. The van der Waals surface area contributed by atoms with Crippen LogP contribution in [0.3, 0.4) is 0 Å². The van der Waals surface area contributed by atoms with E-state index in [1.165, 1.54) is 45.0 Å². The van der Waals surface area contributed by atoms with Crippen LogP contribution in [0.25, 0.3) is 22.0 Å². The summed E-state index contributed by atoms with van der Waals surface area (Å²) in [5, 5.41) is 9.01. The molecule has 5 aromatic rings. The molecule has 27 heteroatoms. The second kappa shape index (κ2) is 19.4. The van der Waals surface area contributed by atoms with Crippen LogP contribution in [0.4, 0.5) is 49.7 Å². The molecule has 4 atom stereocenters. The van der Waals surface area contributed by atoms with Crippen molar-refractivity contribution >= 4 is 60.0 Å². The predicted molar refractivity (Wildman–Crippen MR) is 252 cm³/mol. The number of carbonyl (C=O) groups excluding carboxylic acids is 2. The highest BCUT2D eigenvalue weighted by molar-refractivity contribution is 7.93. The molecule has 2 aromatic carbocycles.